The second-order valence-electron chi connectivity index (χ2n) is 4.76. The Labute approximate surface area is 142 Å². The molecule has 7 nitrogen and oxygen atoms in total. The van der Waals surface area contributed by atoms with Crippen LogP contribution in [-0.2, 0) is 9.53 Å². The van der Waals surface area contributed by atoms with E-state index in [1.54, 1.807) is 18.2 Å². The van der Waals surface area contributed by atoms with Crippen molar-refractivity contribution in [1.82, 2.24) is 10.9 Å². The lowest BCUT2D eigenvalue weighted by Gasteiger charge is -2.10. The molecule has 2 aromatic rings. The van der Waals surface area contributed by atoms with Crippen LogP contribution in [0.25, 0.3) is 0 Å². The maximum absolute atomic E-state index is 13.4. The minimum Gasteiger partial charge on any atom is -0.496 e. The van der Waals surface area contributed by atoms with E-state index in [0.717, 1.165) is 6.07 Å². The molecule has 0 atom stereocenters. The number of hydrogen-bond donors (Lipinski definition) is 2. The van der Waals surface area contributed by atoms with E-state index in [-0.39, 0.29) is 11.1 Å². The molecule has 0 bridgehead atoms. The number of rotatable bonds is 5. The quantitative estimate of drug-likeness (QED) is 0.631. The molecule has 0 aliphatic carbocycles. The van der Waals surface area contributed by atoms with Crippen molar-refractivity contribution in [2.24, 2.45) is 0 Å². The fourth-order valence-electron chi connectivity index (χ4n) is 1.90. The molecule has 130 valence electrons. The highest BCUT2D eigenvalue weighted by molar-refractivity contribution is 5.96. The average molecular weight is 346 g/mol. The summed E-state index contributed by atoms with van der Waals surface area (Å²) in [5.74, 6) is -2.79. The van der Waals surface area contributed by atoms with Crippen LogP contribution in [-0.4, -0.2) is 31.5 Å². The zero-order valence-corrected chi connectivity index (χ0v) is 13.2. The third-order valence-electron chi connectivity index (χ3n) is 3.10. The Bertz CT molecular complexity index is 794. The van der Waals surface area contributed by atoms with Crippen LogP contribution in [0, 0.1) is 5.82 Å². The maximum Gasteiger partial charge on any atom is 0.342 e. The summed E-state index contributed by atoms with van der Waals surface area (Å²) < 4.78 is 23.3. The molecule has 0 spiro atoms. The molecule has 2 aromatic carbocycles. The maximum atomic E-state index is 13.4. The number of methoxy groups -OCH3 is 1. The molecule has 0 aromatic heterocycles. The number of hydrazine groups is 1. The van der Waals surface area contributed by atoms with E-state index in [0.29, 0.717) is 5.75 Å². The van der Waals surface area contributed by atoms with Crippen LogP contribution in [0.3, 0.4) is 0 Å². The number of nitrogens with one attached hydrogen (secondary N) is 2. The van der Waals surface area contributed by atoms with E-state index in [1.165, 1.54) is 31.4 Å². The fourth-order valence-corrected chi connectivity index (χ4v) is 1.90. The molecule has 2 amide bonds. The molecule has 0 fully saturated rings. The van der Waals surface area contributed by atoms with Crippen molar-refractivity contribution in [2.75, 3.05) is 13.7 Å². The largest absolute Gasteiger partial charge is 0.496 e. The number of benzene rings is 2. The van der Waals surface area contributed by atoms with Gasteiger partial charge < -0.3 is 9.47 Å². The first-order valence-corrected chi connectivity index (χ1v) is 7.16. The molecule has 0 aliphatic rings. The summed E-state index contributed by atoms with van der Waals surface area (Å²) in [4.78, 5) is 35.3. The van der Waals surface area contributed by atoms with Crippen molar-refractivity contribution in [3.8, 4) is 5.75 Å². The number of hydrogen-bond acceptors (Lipinski definition) is 5. The Hall–Kier alpha value is -3.42. The molecule has 8 heteroatoms. The lowest BCUT2D eigenvalue weighted by atomic mass is 10.2. The second kappa shape index (κ2) is 8.44. The van der Waals surface area contributed by atoms with Crippen molar-refractivity contribution in [1.29, 1.82) is 0 Å². The van der Waals surface area contributed by atoms with Gasteiger partial charge >= 0.3 is 5.97 Å². The number of amides is 2. The van der Waals surface area contributed by atoms with Gasteiger partial charge in [-0.05, 0) is 24.3 Å². The molecule has 0 aliphatic heterocycles. The molecule has 0 saturated carbocycles. The zero-order chi connectivity index (χ0) is 18.2. The van der Waals surface area contributed by atoms with E-state index in [4.69, 9.17) is 9.47 Å². The van der Waals surface area contributed by atoms with Crippen LogP contribution in [0.4, 0.5) is 4.39 Å². The Morgan fingerprint density at radius 2 is 1.60 bits per heavy atom. The van der Waals surface area contributed by atoms with Crippen LogP contribution in [0.15, 0.2) is 48.5 Å². The summed E-state index contributed by atoms with van der Waals surface area (Å²) in [5, 5.41) is 0. The van der Waals surface area contributed by atoms with E-state index in [2.05, 4.69) is 0 Å². The first-order chi connectivity index (χ1) is 12.0. The molecule has 2 N–H and O–H groups in total. The van der Waals surface area contributed by atoms with Gasteiger partial charge in [0.15, 0.2) is 6.61 Å². The summed E-state index contributed by atoms with van der Waals surface area (Å²) >= 11 is 0. The lowest BCUT2D eigenvalue weighted by Crippen LogP contribution is -2.43. The van der Waals surface area contributed by atoms with Crippen molar-refractivity contribution in [2.45, 2.75) is 0 Å². The summed E-state index contributed by atoms with van der Waals surface area (Å²) in [6.45, 7) is -0.631. The monoisotopic (exact) mass is 346 g/mol. The number of halogens is 1. The van der Waals surface area contributed by atoms with Crippen LogP contribution < -0.4 is 15.6 Å². The van der Waals surface area contributed by atoms with E-state index >= 15 is 0 Å². The van der Waals surface area contributed by atoms with Crippen LogP contribution >= 0.6 is 0 Å². The van der Waals surface area contributed by atoms with Gasteiger partial charge in [0.25, 0.3) is 11.8 Å². The number of carbonyl (C=O) groups is 3. The van der Waals surface area contributed by atoms with E-state index < -0.39 is 30.2 Å². The molecular weight excluding hydrogens is 331 g/mol. The molecule has 2 rings (SSSR count). The lowest BCUT2D eigenvalue weighted by molar-refractivity contribution is -0.125. The van der Waals surface area contributed by atoms with Crippen LogP contribution in [0.1, 0.15) is 20.7 Å². The van der Waals surface area contributed by atoms with Gasteiger partial charge in [-0.2, -0.15) is 0 Å². The SMILES string of the molecule is COc1ccccc1C(=O)OCC(=O)NNC(=O)c1ccccc1F. The minimum absolute atomic E-state index is 0.160. The highest BCUT2D eigenvalue weighted by atomic mass is 19.1. The van der Waals surface area contributed by atoms with Gasteiger partial charge in [-0.3, -0.25) is 20.4 Å². The summed E-state index contributed by atoms with van der Waals surface area (Å²) in [6, 6.07) is 11.7. The predicted molar refractivity (Wildman–Crippen MR) is 85.3 cm³/mol. The molecule has 0 saturated heterocycles. The average Bonchev–Trinajstić information content (AvgIpc) is 2.64. The number of para-hydroxylation sites is 1. The van der Waals surface area contributed by atoms with Crippen molar-refractivity contribution < 1.29 is 28.2 Å². The highest BCUT2D eigenvalue weighted by Gasteiger charge is 2.16. The highest BCUT2D eigenvalue weighted by Crippen LogP contribution is 2.17. The normalized spacial score (nSPS) is 9.84. The Morgan fingerprint density at radius 1 is 0.960 bits per heavy atom. The number of ether oxygens (including phenoxy) is 2. The first-order valence-electron chi connectivity index (χ1n) is 7.16. The van der Waals surface area contributed by atoms with Gasteiger partial charge in [0.1, 0.15) is 17.1 Å². The summed E-state index contributed by atoms with van der Waals surface area (Å²) in [6.07, 6.45) is 0. The van der Waals surface area contributed by atoms with Gasteiger partial charge in [0.05, 0.1) is 12.7 Å². The molecular formula is C17H15FN2O5. The van der Waals surface area contributed by atoms with Crippen molar-refractivity contribution in [3.05, 3.63) is 65.5 Å². The zero-order valence-electron chi connectivity index (χ0n) is 13.2. The smallest absolute Gasteiger partial charge is 0.342 e. The topological polar surface area (TPSA) is 93.7 Å². The minimum atomic E-state index is -0.831. The van der Waals surface area contributed by atoms with Crippen LogP contribution in [0.2, 0.25) is 0 Å². The van der Waals surface area contributed by atoms with Gasteiger partial charge in [0, 0.05) is 0 Å². The standard InChI is InChI=1S/C17H15FN2O5/c1-24-14-9-5-3-7-12(14)17(23)25-10-15(21)19-20-16(22)11-6-2-4-8-13(11)18/h2-9H,10H2,1H3,(H,19,21)(H,20,22). The van der Waals surface area contributed by atoms with Gasteiger partial charge in [-0.15, -0.1) is 0 Å². The van der Waals surface area contributed by atoms with Gasteiger partial charge in [-0.1, -0.05) is 24.3 Å². The van der Waals surface area contributed by atoms with E-state index in [9.17, 15) is 18.8 Å². The van der Waals surface area contributed by atoms with Gasteiger partial charge in [0.2, 0.25) is 0 Å². The van der Waals surface area contributed by atoms with Crippen molar-refractivity contribution in [3.63, 3.8) is 0 Å². The summed E-state index contributed by atoms with van der Waals surface area (Å²) in [7, 11) is 1.40. The molecule has 0 heterocycles. The third kappa shape index (κ3) is 4.77. The summed E-state index contributed by atoms with van der Waals surface area (Å²) in [5.41, 5.74) is 3.99. The van der Waals surface area contributed by atoms with Gasteiger partial charge in [-0.25, -0.2) is 9.18 Å². The second-order valence-corrected chi connectivity index (χ2v) is 4.76. The molecule has 25 heavy (non-hydrogen) atoms. The number of carbonyl (C=O) groups excluding carboxylic acids is 3. The predicted octanol–water partition coefficient (Wildman–Crippen LogP) is 1.45. The number of esters is 1. The Kier molecular flexibility index (Phi) is 6.05. The fraction of sp³-hybridized carbons (Fsp3) is 0.118. The molecule has 0 unspecified atom stereocenters. The molecule has 0 radical (unpaired) electrons. The Morgan fingerprint density at radius 3 is 2.28 bits per heavy atom. The Balaban J connectivity index is 1.84. The van der Waals surface area contributed by atoms with E-state index in [1.807, 2.05) is 10.9 Å². The van der Waals surface area contributed by atoms with Crippen LogP contribution in [0.5, 0.6) is 5.75 Å². The first kappa shape index (κ1) is 17.9. The van der Waals surface area contributed by atoms with Crippen molar-refractivity contribution >= 4 is 17.8 Å². The third-order valence-corrected chi connectivity index (χ3v) is 3.10.